The van der Waals surface area contributed by atoms with Gasteiger partial charge >= 0.3 is 5.97 Å². The molecular weight excluding hydrogens is 190 g/mol. The molecule has 3 N–H and O–H groups in total. The number of nitrogens with two attached hydrogens (primary N) is 1. The molecule has 1 fully saturated rings. The van der Waals surface area contributed by atoms with Gasteiger partial charge in [0.15, 0.2) is 0 Å². The summed E-state index contributed by atoms with van der Waals surface area (Å²) in [7, 11) is 0. The summed E-state index contributed by atoms with van der Waals surface area (Å²) in [6.45, 7) is 0. The van der Waals surface area contributed by atoms with Gasteiger partial charge in [0.25, 0.3) is 0 Å². The normalized spacial score (nSPS) is 17.4. The molecule has 0 amide bonds. The van der Waals surface area contributed by atoms with Gasteiger partial charge in [0, 0.05) is 6.04 Å². The van der Waals surface area contributed by atoms with Crippen molar-refractivity contribution in [1.29, 1.82) is 0 Å². The highest BCUT2D eigenvalue weighted by molar-refractivity contribution is 5.67. The Morgan fingerprint density at radius 1 is 1.40 bits per heavy atom. The fourth-order valence-corrected chi connectivity index (χ4v) is 1.74. The molecule has 0 radical (unpaired) electrons. The Kier molecular flexibility index (Phi) is 2.73. The number of hydrogen-bond donors (Lipinski definition) is 2. The van der Waals surface area contributed by atoms with E-state index < -0.39 is 12.0 Å². The molecule has 0 aliphatic heterocycles. The Bertz CT molecular complexity index is 354. The van der Waals surface area contributed by atoms with Crippen LogP contribution in [0.15, 0.2) is 24.3 Å². The average molecular weight is 205 g/mol. The second kappa shape index (κ2) is 4.03. The first-order valence-electron chi connectivity index (χ1n) is 5.24. The maximum atomic E-state index is 10.5. The topological polar surface area (TPSA) is 63.3 Å². The van der Waals surface area contributed by atoms with E-state index in [9.17, 15) is 4.79 Å². The molecule has 1 aromatic rings. The van der Waals surface area contributed by atoms with Gasteiger partial charge in [-0.3, -0.25) is 4.79 Å². The summed E-state index contributed by atoms with van der Waals surface area (Å²) in [6.07, 6.45) is 2.55. The molecule has 0 aromatic heterocycles. The molecule has 3 nitrogen and oxygen atoms in total. The molecule has 2 rings (SSSR count). The van der Waals surface area contributed by atoms with Gasteiger partial charge in [-0.05, 0) is 29.9 Å². The lowest BCUT2D eigenvalue weighted by Gasteiger charge is -2.09. The van der Waals surface area contributed by atoms with Crippen LogP contribution in [0.2, 0.25) is 0 Å². The van der Waals surface area contributed by atoms with Gasteiger partial charge in [-0.1, -0.05) is 24.3 Å². The minimum atomic E-state index is -0.853. The number of aliphatic carboxylic acids is 1. The lowest BCUT2D eigenvalue weighted by atomic mass is 10.0. The summed E-state index contributed by atoms with van der Waals surface area (Å²) < 4.78 is 0. The molecule has 1 aromatic carbocycles. The first-order valence-corrected chi connectivity index (χ1v) is 5.24. The molecule has 1 aliphatic rings. The summed E-state index contributed by atoms with van der Waals surface area (Å²) in [5.41, 5.74) is 8.01. The molecule has 1 aliphatic carbocycles. The molecule has 0 bridgehead atoms. The number of hydrogen-bond acceptors (Lipinski definition) is 2. The van der Waals surface area contributed by atoms with Crippen LogP contribution in [0.5, 0.6) is 0 Å². The van der Waals surface area contributed by atoms with E-state index in [4.69, 9.17) is 10.8 Å². The van der Waals surface area contributed by atoms with Gasteiger partial charge < -0.3 is 10.8 Å². The Hall–Kier alpha value is -1.35. The van der Waals surface area contributed by atoms with Crippen LogP contribution in [0.1, 0.15) is 42.3 Å². The maximum absolute atomic E-state index is 10.5. The molecule has 0 saturated heterocycles. The number of carboxylic acid groups (broad SMARTS) is 1. The highest BCUT2D eigenvalue weighted by Crippen LogP contribution is 2.40. The van der Waals surface area contributed by atoms with Crippen LogP contribution in [0, 0.1) is 0 Å². The van der Waals surface area contributed by atoms with Crippen molar-refractivity contribution in [1.82, 2.24) is 0 Å². The number of rotatable bonds is 4. The third-order valence-electron chi connectivity index (χ3n) is 2.81. The minimum Gasteiger partial charge on any atom is -0.481 e. The number of carboxylic acids is 1. The second-order valence-electron chi connectivity index (χ2n) is 4.15. The van der Waals surface area contributed by atoms with Crippen molar-refractivity contribution in [2.75, 3.05) is 0 Å². The van der Waals surface area contributed by atoms with E-state index in [1.165, 1.54) is 18.4 Å². The first-order chi connectivity index (χ1) is 7.16. The van der Waals surface area contributed by atoms with Crippen molar-refractivity contribution in [3.8, 4) is 0 Å². The van der Waals surface area contributed by atoms with Crippen LogP contribution in [0.25, 0.3) is 0 Å². The van der Waals surface area contributed by atoms with Crippen molar-refractivity contribution < 1.29 is 9.90 Å². The van der Waals surface area contributed by atoms with Crippen molar-refractivity contribution >= 4 is 5.97 Å². The van der Waals surface area contributed by atoms with E-state index in [0.29, 0.717) is 0 Å². The average Bonchev–Trinajstić information content (AvgIpc) is 3.00. The number of carbonyl (C=O) groups is 1. The highest BCUT2D eigenvalue weighted by atomic mass is 16.4. The van der Waals surface area contributed by atoms with Crippen LogP contribution in [0.4, 0.5) is 0 Å². The zero-order chi connectivity index (χ0) is 10.8. The van der Waals surface area contributed by atoms with E-state index >= 15 is 0 Å². The molecule has 0 unspecified atom stereocenters. The summed E-state index contributed by atoms with van der Waals surface area (Å²) in [5.74, 6) is -0.122. The van der Waals surface area contributed by atoms with Crippen LogP contribution >= 0.6 is 0 Å². The largest absolute Gasteiger partial charge is 0.481 e. The van der Waals surface area contributed by atoms with Gasteiger partial charge in [-0.15, -0.1) is 0 Å². The van der Waals surface area contributed by atoms with Crippen molar-refractivity contribution in [3.63, 3.8) is 0 Å². The monoisotopic (exact) mass is 205 g/mol. The quantitative estimate of drug-likeness (QED) is 0.790. The Morgan fingerprint density at radius 3 is 2.47 bits per heavy atom. The zero-order valence-electron chi connectivity index (χ0n) is 8.52. The predicted molar refractivity (Wildman–Crippen MR) is 57.6 cm³/mol. The fraction of sp³-hybridized carbons (Fsp3) is 0.417. The van der Waals surface area contributed by atoms with Gasteiger partial charge in [0.05, 0.1) is 6.42 Å². The molecule has 1 saturated carbocycles. The molecule has 80 valence electrons. The van der Waals surface area contributed by atoms with Crippen molar-refractivity contribution in [2.45, 2.75) is 31.2 Å². The molecule has 1 atom stereocenters. The molecular formula is C12H15NO2. The Balaban J connectivity index is 2.05. The number of benzene rings is 1. The van der Waals surface area contributed by atoms with E-state index in [2.05, 4.69) is 12.1 Å². The van der Waals surface area contributed by atoms with E-state index in [0.717, 1.165) is 11.5 Å². The van der Waals surface area contributed by atoms with E-state index in [1.54, 1.807) is 0 Å². The second-order valence-corrected chi connectivity index (χ2v) is 4.15. The first kappa shape index (κ1) is 10.2. The van der Waals surface area contributed by atoms with Crippen LogP contribution in [0.3, 0.4) is 0 Å². The summed E-state index contributed by atoms with van der Waals surface area (Å²) >= 11 is 0. The van der Waals surface area contributed by atoms with E-state index in [-0.39, 0.29) is 6.42 Å². The van der Waals surface area contributed by atoms with Crippen LogP contribution in [-0.2, 0) is 4.79 Å². The Morgan fingerprint density at radius 2 is 2.00 bits per heavy atom. The van der Waals surface area contributed by atoms with Gasteiger partial charge in [0.2, 0.25) is 0 Å². The highest BCUT2D eigenvalue weighted by Gasteiger charge is 2.23. The van der Waals surface area contributed by atoms with Crippen molar-refractivity contribution in [3.05, 3.63) is 35.4 Å². The van der Waals surface area contributed by atoms with E-state index in [1.807, 2.05) is 12.1 Å². The SMILES string of the molecule is N[C@@H](CC(=O)O)c1ccc(C2CC2)cc1. The van der Waals surface area contributed by atoms with Crippen LogP contribution in [-0.4, -0.2) is 11.1 Å². The maximum Gasteiger partial charge on any atom is 0.305 e. The molecule has 15 heavy (non-hydrogen) atoms. The molecule has 3 heteroatoms. The van der Waals surface area contributed by atoms with Crippen molar-refractivity contribution in [2.24, 2.45) is 5.73 Å². The smallest absolute Gasteiger partial charge is 0.305 e. The molecule has 0 heterocycles. The van der Waals surface area contributed by atoms with Gasteiger partial charge in [-0.2, -0.15) is 0 Å². The predicted octanol–water partition coefficient (Wildman–Crippen LogP) is 2.04. The third kappa shape index (κ3) is 2.57. The zero-order valence-corrected chi connectivity index (χ0v) is 8.52. The summed E-state index contributed by atoms with van der Waals surface area (Å²) in [6, 6.07) is 7.63. The third-order valence-corrected chi connectivity index (χ3v) is 2.81. The summed E-state index contributed by atoms with van der Waals surface area (Å²) in [4.78, 5) is 10.5. The lowest BCUT2D eigenvalue weighted by Crippen LogP contribution is -2.14. The Labute approximate surface area is 88.9 Å². The van der Waals surface area contributed by atoms with Gasteiger partial charge in [-0.25, -0.2) is 0 Å². The lowest BCUT2D eigenvalue weighted by molar-refractivity contribution is -0.137. The standard InChI is InChI=1S/C12H15NO2/c13-11(7-12(14)15)10-5-3-9(4-6-10)8-1-2-8/h3-6,8,11H,1-2,7,13H2,(H,14,15)/t11-/m0/s1. The van der Waals surface area contributed by atoms with Crippen LogP contribution < -0.4 is 5.73 Å². The summed E-state index contributed by atoms with van der Waals surface area (Å²) in [5, 5.41) is 8.62. The molecule has 0 spiro atoms. The fourth-order valence-electron chi connectivity index (χ4n) is 1.74. The minimum absolute atomic E-state index is 0.0111. The van der Waals surface area contributed by atoms with Gasteiger partial charge in [0.1, 0.15) is 0 Å².